The lowest BCUT2D eigenvalue weighted by molar-refractivity contribution is 0.396. The third-order valence-electron chi connectivity index (χ3n) is 3.18. The molecule has 21 heavy (non-hydrogen) atoms. The fourth-order valence-corrected chi connectivity index (χ4v) is 2.20. The topological polar surface area (TPSA) is 72.4 Å². The van der Waals surface area contributed by atoms with Gasteiger partial charge in [-0.2, -0.15) is 5.26 Å². The Hall–Kier alpha value is -3.07. The average molecular weight is 280 g/mol. The van der Waals surface area contributed by atoms with Gasteiger partial charge < -0.3 is 9.47 Å². The maximum absolute atomic E-state index is 9.04. The molecule has 3 rings (SSSR count). The van der Waals surface area contributed by atoms with Gasteiger partial charge in [0.1, 0.15) is 23.1 Å². The van der Waals surface area contributed by atoms with Crippen molar-refractivity contribution in [2.45, 2.75) is 0 Å². The first-order valence-electron chi connectivity index (χ1n) is 6.24. The van der Waals surface area contributed by atoms with Crippen LogP contribution in [0.4, 0.5) is 0 Å². The molecular weight excluding hydrogens is 268 g/mol. The van der Waals surface area contributed by atoms with Crippen LogP contribution in [0.5, 0.6) is 11.5 Å². The van der Waals surface area contributed by atoms with Crippen molar-refractivity contribution < 1.29 is 9.47 Å². The number of benzene rings is 1. The van der Waals surface area contributed by atoms with Gasteiger partial charge in [0.05, 0.1) is 19.8 Å². The molecule has 0 N–H and O–H groups in total. The molecule has 0 saturated heterocycles. The molecule has 0 unspecified atom stereocenters. The summed E-state index contributed by atoms with van der Waals surface area (Å²) < 4.78 is 12.5. The monoisotopic (exact) mass is 280 g/mol. The van der Waals surface area contributed by atoms with E-state index in [4.69, 9.17) is 14.7 Å². The van der Waals surface area contributed by atoms with Crippen molar-refractivity contribution in [3.63, 3.8) is 0 Å². The van der Waals surface area contributed by atoms with E-state index in [0.29, 0.717) is 34.1 Å². The molecule has 0 aliphatic heterocycles. The Kier molecular flexibility index (Phi) is 3.16. The molecule has 0 fully saturated rings. The molecule has 0 saturated carbocycles. The van der Waals surface area contributed by atoms with Gasteiger partial charge in [0, 0.05) is 6.20 Å². The van der Waals surface area contributed by atoms with Crippen LogP contribution in [0.1, 0.15) is 5.56 Å². The van der Waals surface area contributed by atoms with E-state index in [1.165, 1.54) is 0 Å². The van der Waals surface area contributed by atoms with E-state index in [0.717, 1.165) is 0 Å². The molecule has 2 heterocycles. The number of fused-ring (bicyclic) bond motifs is 1. The molecule has 1 aromatic carbocycles. The van der Waals surface area contributed by atoms with Crippen LogP contribution >= 0.6 is 0 Å². The van der Waals surface area contributed by atoms with Crippen molar-refractivity contribution in [2.24, 2.45) is 0 Å². The van der Waals surface area contributed by atoms with E-state index in [-0.39, 0.29) is 0 Å². The lowest BCUT2D eigenvalue weighted by Crippen LogP contribution is -1.97. The van der Waals surface area contributed by atoms with Crippen LogP contribution in [-0.2, 0) is 0 Å². The molecule has 0 radical (unpaired) electrons. The number of methoxy groups -OCH3 is 2. The number of rotatable bonds is 3. The minimum Gasteiger partial charge on any atom is -0.496 e. The Morgan fingerprint density at radius 1 is 1.05 bits per heavy atom. The number of nitriles is 1. The van der Waals surface area contributed by atoms with Gasteiger partial charge in [-0.3, -0.25) is 4.40 Å². The zero-order chi connectivity index (χ0) is 14.8. The van der Waals surface area contributed by atoms with Crippen LogP contribution in [0.3, 0.4) is 0 Å². The van der Waals surface area contributed by atoms with Gasteiger partial charge in [0.2, 0.25) is 0 Å². The van der Waals surface area contributed by atoms with Gasteiger partial charge in [0.15, 0.2) is 11.5 Å². The molecule has 0 amide bonds. The summed E-state index contributed by atoms with van der Waals surface area (Å²) >= 11 is 0. The molecule has 6 nitrogen and oxygen atoms in total. The highest BCUT2D eigenvalue weighted by molar-refractivity contribution is 5.73. The van der Waals surface area contributed by atoms with Gasteiger partial charge in [-0.15, -0.1) is 10.2 Å². The molecule has 0 atom stereocenters. The standard InChI is InChI=1S/C15H12N4O2/c1-20-11-4-3-5-12(21-2)14(11)15-18-17-13-7-6-10(8-16)9-19(13)15/h3-7,9H,1-2H3. The van der Waals surface area contributed by atoms with E-state index in [1.807, 2.05) is 18.2 Å². The molecule has 6 heteroatoms. The smallest absolute Gasteiger partial charge is 0.175 e. The highest BCUT2D eigenvalue weighted by atomic mass is 16.5. The minimum absolute atomic E-state index is 0.525. The summed E-state index contributed by atoms with van der Waals surface area (Å²) in [5.41, 5.74) is 1.87. The van der Waals surface area contributed by atoms with Gasteiger partial charge in [-0.05, 0) is 24.3 Å². The van der Waals surface area contributed by atoms with Crippen LogP contribution in [0, 0.1) is 11.3 Å². The van der Waals surface area contributed by atoms with Crippen molar-refractivity contribution in [2.75, 3.05) is 14.2 Å². The third-order valence-corrected chi connectivity index (χ3v) is 3.18. The normalized spacial score (nSPS) is 10.3. The molecular formula is C15H12N4O2. The highest BCUT2D eigenvalue weighted by Crippen LogP contribution is 2.37. The SMILES string of the molecule is COc1cccc(OC)c1-c1nnc2ccc(C#N)cn12. The first-order valence-corrected chi connectivity index (χ1v) is 6.24. The van der Waals surface area contributed by atoms with E-state index in [9.17, 15) is 0 Å². The van der Waals surface area contributed by atoms with Crippen LogP contribution in [-0.4, -0.2) is 28.8 Å². The summed E-state index contributed by atoms with van der Waals surface area (Å²) in [7, 11) is 3.17. The summed E-state index contributed by atoms with van der Waals surface area (Å²) in [6.07, 6.45) is 1.69. The first-order chi connectivity index (χ1) is 10.3. The number of aromatic nitrogens is 3. The van der Waals surface area contributed by atoms with E-state index in [1.54, 1.807) is 36.9 Å². The summed E-state index contributed by atoms with van der Waals surface area (Å²) in [6, 6.07) is 11.0. The quantitative estimate of drug-likeness (QED) is 0.736. The number of ether oxygens (including phenoxy) is 2. The first kappa shape index (κ1) is 12.9. The van der Waals surface area contributed by atoms with Crippen molar-refractivity contribution in [3.05, 3.63) is 42.1 Å². The van der Waals surface area contributed by atoms with E-state index < -0.39 is 0 Å². The molecule has 0 aliphatic carbocycles. The fourth-order valence-electron chi connectivity index (χ4n) is 2.20. The van der Waals surface area contributed by atoms with E-state index >= 15 is 0 Å². The molecule has 2 aromatic heterocycles. The zero-order valence-electron chi connectivity index (χ0n) is 11.6. The van der Waals surface area contributed by atoms with Crippen molar-refractivity contribution in [1.82, 2.24) is 14.6 Å². The zero-order valence-corrected chi connectivity index (χ0v) is 11.6. The second-order valence-corrected chi connectivity index (χ2v) is 4.32. The summed E-state index contributed by atoms with van der Waals surface area (Å²) in [6.45, 7) is 0. The number of pyridine rings is 1. The highest BCUT2D eigenvalue weighted by Gasteiger charge is 2.18. The van der Waals surface area contributed by atoms with Gasteiger partial charge in [0.25, 0.3) is 0 Å². The van der Waals surface area contributed by atoms with E-state index in [2.05, 4.69) is 16.3 Å². The number of hydrogen-bond acceptors (Lipinski definition) is 5. The Bertz CT molecular complexity index is 826. The van der Waals surface area contributed by atoms with Crippen molar-refractivity contribution in [3.8, 4) is 29.0 Å². The van der Waals surface area contributed by atoms with Crippen molar-refractivity contribution in [1.29, 1.82) is 5.26 Å². The predicted molar refractivity (Wildman–Crippen MR) is 76.2 cm³/mol. The summed E-state index contributed by atoms with van der Waals surface area (Å²) in [5.74, 6) is 1.83. The predicted octanol–water partition coefficient (Wildman–Crippen LogP) is 2.29. The summed E-state index contributed by atoms with van der Waals surface area (Å²) in [5, 5.41) is 17.4. The lowest BCUT2D eigenvalue weighted by Gasteiger charge is -2.11. The van der Waals surface area contributed by atoms with Crippen LogP contribution in [0.25, 0.3) is 17.0 Å². The van der Waals surface area contributed by atoms with Crippen LogP contribution in [0.2, 0.25) is 0 Å². The molecule has 104 valence electrons. The number of hydrogen-bond donors (Lipinski definition) is 0. The van der Waals surface area contributed by atoms with Gasteiger partial charge in [-0.25, -0.2) is 0 Å². The van der Waals surface area contributed by atoms with Gasteiger partial charge in [-0.1, -0.05) is 6.07 Å². The fraction of sp³-hybridized carbons (Fsp3) is 0.133. The Morgan fingerprint density at radius 2 is 1.76 bits per heavy atom. The van der Waals surface area contributed by atoms with Crippen LogP contribution in [0.15, 0.2) is 36.5 Å². The Balaban J connectivity index is 2.33. The third kappa shape index (κ3) is 2.05. The Labute approximate surface area is 121 Å². The molecule has 0 bridgehead atoms. The maximum atomic E-state index is 9.04. The maximum Gasteiger partial charge on any atom is 0.175 e. The molecule has 0 spiro atoms. The van der Waals surface area contributed by atoms with Gasteiger partial charge >= 0.3 is 0 Å². The lowest BCUT2D eigenvalue weighted by atomic mass is 10.1. The second-order valence-electron chi connectivity index (χ2n) is 4.32. The summed E-state index contributed by atoms with van der Waals surface area (Å²) in [4.78, 5) is 0. The number of nitrogens with zero attached hydrogens (tertiary/aromatic N) is 4. The van der Waals surface area contributed by atoms with Crippen LogP contribution < -0.4 is 9.47 Å². The Morgan fingerprint density at radius 3 is 2.38 bits per heavy atom. The largest absolute Gasteiger partial charge is 0.496 e. The molecule has 0 aliphatic rings. The van der Waals surface area contributed by atoms with Crippen molar-refractivity contribution >= 4 is 5.65 Å². The minimum atomic E-state index is 0.525. The average Bonchev–Trinajstić information content (AvgIpc) is 2.96. The molecule has 3 aromatic rings. The second kappa shape index (κ2) is 5.13.